The number of imidazole rings is 1. The molecule has 1 N–H and O–H groups in total. The summed E-state index contributed by atoms with van der Waals surface area (Å²) in [6.07, 6.45) is 2.48. The number of rotatable bonds is 2. The molecule has 4 heterocycles. The number of hydrogen-bond donors (Lipinski definition) is 1. The number of fused-ring (bicyclic) bond motifs is 5. The van der Waals surface area contributed by atoms with Crippen LogP contribution in [0.1, 0.15) is 62.6 Å². The zero-order chi connectivity index (χ0) is 20.4. The number of nitrogens with zero attached hydrogens (tertiary/aromatic N) is 5. The smallest absolute Gasteiger partial charge is 0.336 e. The van der Waals surface area contributed by atoms with E-state index in [1.165, 1.54) is 10.8 Å². The first-order chi connectivity index (χ1) is 13.1. The van der Waals surface area contributed by atoms with Gasteiger partial charge in [-0.3, -0.25) is 9.36 Å². The van der Waals surface area contributed by atoms with Crippen molar-refractivity contribution >= 4 is 5.91 Å². The van der Waals surface area contributed by atoms with Gasteiger partial charge in [-0.25, -0.2) is 14.3 Å². The fourth-order valence-corrected chi connectivity index (χ4v) is 4.31. The first-order valence-electron chi connectivity index (χ1n) is 9.35. The molecule has 2 bridgehead atoms. The molecule has 28 heavy (non-hydrogen) atoms. The zero-order valence-electron chi connectivity index (χ0n) is 16.4. The number of carbonyl (C=O) groups excluding carboxylic acids is 1. The Kier molecular flexibility index (Phi) is 3.89. The fourth-order valence-electron chi connectivity index (χ4n) is 4.31. The summed E-state index contributed by atoms with van der Waals surface area (Å²) in [5, 5.41) is 19.9. The van der Waals surface area contributed by atoms with E-state index in [0.717, 1.165) is 0 Å². The van der Waals surface area contributed by atoms with Gasteiger partial charge in [-0.15, -0.1) is 0 Å². The molecule has 2 aliphatic rings. The molecule has 0 aromatic carbocycles. The fraction of sp³-hybridized carbons (Fsp3) is 0.500. The first-order valence-corrected chi connectivity index (χ1v) is 9.35. The Balaban J connectivity index is 1.75. The minimum Gasteiger partial charge on any atom is -0.493 e. The number of amides is 1. The molecule has 2 atom stereocenters. The van der Waals surface area contributed by atoms with Crippen LogP contribution in [-0.2, 0) is 4.79 Å². The zero-order valence-corrected chi connectivity index (χ0v) is 16.4. The first kappa shape index (κ1) is 18.3. The second kappa shape index (κ2) is 5.96. The van der Waals surface area contributed by atoms with Gasteiger partial charge in [0.25, 0.3) is 0 Å². The molecule has 1 saturated heterocycles. The quantitative estimate of drug-likeness (QED) is 0.859. The van der Waals surface area contributed by atoms with Crippen LogP contribution in [0.3, 0.4) is 0 Å². The lowest BCUT2D eigenvalue weighted by atomic mass is 9.91. The van der Waals surface area contributed by atoms with E-state index in [4.69, 9.17) is 5.26 Å². The molecule has 0 saturated carbocycles. The summed E-state index contributed by atoms with van der Waals surface area (Å²) < 4.78 is 2.82. The molecule has 1 amide bonds. The number of aromatic nitrogens is 3. The van der Waals surface area contributed by atoms with Crippen molar-refractivity contribution in [2.45, 2.75) is 52.6 Å². The maximum atomic E-state index is 13.0. The average Bonchev–Trinajstić information content (AvgIpc) is 3.25. The van der Waals surface area contributed by atoms with Gasteiger partial charge in [0.1, 0.15) is 17.5 Å². The maximum absolute atomic E-state index is 13.0. The Hall–Kier alpha value is -3.08. The Bertz CT molecular complexity index is 1080. The van der Waals surface area contributed by atoms with E-state index in [-0.39, 0.29) is 40.7 Å². The molecule has 8 nitrogen and oxygen atoms in total. The van der Waals surface area contributed by atoms with E-state index >= 15 is 0 Å². The van der Waals surface area contributed by atoms with Crippen LogP contribution in [0.4, 0.5) is 0 Å². The van der Waals surface area contributed by atoms with Crippen molar-refractivity contribution in [2.75, 3.05) is 6.54 Å². The van der Waals surface area contributed by atoms with E-state index in [1.807, 2.05) is 26.8 Å². The summed E-state index contributed by atoms with van der Waals surface area (Å²) in [6.45, 7) is 8.27. The topological polar surface area (TPSA) is 104 Å². The van der Waals surface area contributed by atoms with E-state index < -0.39 is 0 Å². The Morgan fingerprint density at radius 1 is 1.43 bits per heavy atom. The van der Waals surface area contributed by atoms with Gasteiger partial charge in [0, 0.05) is 13.0 Å². The van der Waals surface area contributed by atoms with E-state index in [1.54, 1.807) is 22.5 Å². The molecule has 2 aromatic rings. The Morgan fingerprint density at radius 2 is 2.14 bits per heavy atom. The number of hydrogen-bond acceptors (Lipinski definition) is 5. The molecule has 8 heteroatoms. The summed E-state index contributed by atoms with van der Waals surface area (Å²) in [7, 11) is 0. The van der Waals surface area contributed by atoms with Crippen molar-refractivity contribution in [3.8, 4) is 17.6 Å². The number of pyridine rings is 1. The molecule has 0 radical (unpaired) electrons. The van der Waals surface area contributed by atoms with Crippen LogP contribution in [0.5, 0.6) is 5.88 Å². The number of carbonyl (C=O) groups is 1. The molecular formula is C20H23N5O3. The number of likely N-dealkylation sites (tertiary alicyclic amines) is 1. The Labute approximate surface area is 162 Å². The highest BCUT2D eigenvalue weighted by Gasteiger charge is 2.49. The summed E-state index contributed by atoms with van der Waals surface area (Å²) in [4.78, 5) is 31.6. The minimum absolute atomic E-state index is 0.0433. The predicted octanol–water partition coefficient (Wildman–Crippen LogP) is 2.18. The van der Waals surface area contributed by atoms with Crippen LogP contribution >= 0.6 is 0 Å². The van der Waals surface area contributed by atoms with Crippen LogP contribution in [0.25, 0.3) is 5.69 Å². The Morgan fingerprint density at radius 3 is 2.75 bits per heavy atom. The van der Waals surface area contributed by atoms with Crippen LogP contribution in [-0.4, -0.2) is 36.6 Å². The van der Waals surface area contributed by atoms with Gasteiger partial charge in [-0.05, 0) is 30.4 Å². The lowest BCUT2D eigenvalue weighted by molar-refractivity contribution is -0.134. The van der Waals surface area contributed by atoms with Gasteiger partial charge < -0.3 is 10.0 Å². The normalized spacial score (nSPS) is 20.3. The lowest BCUT2D eigenvalue weighted by Gasteiger charge is -2.30. The van der Waals surface area contributed by atoms with Gasteiger partial charge in [-0.2, -0.15) is 5.26 Å². The van der Waals surface area contributed by atoms with Crippen molar-refractivity contribution in [1.82, 2.24) is 19.0 Å². The third-order valence-electron chi connectivity index (χ3n) is 5.49. The monoisotopic (exact) mass is 381 g/mol. The van der Waals surface area contributed by atoms with Crippen LogP contribution < -0.4 is 5.69 Å². The SMILES string of the molecule is Cc1cc(-n2c(O)c3n(c2=O)C2CC3N(C(=O)CC(C)(C)C)C2)cnc1C#N. The van der Waals surface area contributed by atoms with Gasteiger partial charge >= 0.3 is 5.69 Å². The number of aryl methyl sites for hydroxylation is 1. The van der Waals surface area contributed by atoms with Crippen molar-refractivity contribution in [1.29, 1.82) is 5.26 Å². The molecule has 2 aromatic heterocycles. The summed E-state index contributed by atoms with van der Waals surface area (Å²) >= 11 is 0. The molecular weight excluding hydrogens is 358 g/mol. The summed E-state index contributed by atoms with van der Waals surface area (Å²) in [5.74, 6) is -0.113. The summed E-state index contributed by atoms with van der Waals surface area (Å²) in [6, 6.07) is 3.23. The third kappa shape index (κ3) is 2.61. The van der Waals surface area contributed by atoms with E-state index in [0.29, 0.717) is 36.3 Å². The molecule has 146 valence electrons. The van der Waals surface area contributed by atoms with Crippen molar-refractivity contribution in [3.05, 3.63) is 39.7 Å². The average molecular weight is 381 g/mol. The van der Waals surface area contributed by atoms with Crippen LogP contribution in [0.2, 0.25) is 0 Å². The van der Waals surface area contributed by atoms with Gasteiger partial charge in [0.2, 0.25) is 11.8 Å². The molecule has 0 spiro atoms. The molecule has 1 fully saturated rings. The van der Waals surface area contributed by atoms with E-state index in [2.05, 4.69) is 4.98 Å². The minimum atomic E-state index is -0.339. The molecule has 2 unspecified atom stereocenters. The van der Waals surface area contributed by atoms with Gasteiger partial charge in [-0.1, -0.05) is 20.8 Å². The van der Waals surface area contributed by atoms with Crippen LogP contribution in [0.15, 0.2) is 17.1 Å². The molecule has 2 aliphatic heterocycles. The van der Waals surface area contributed by atoms with Crippen molar-refractivity contribution in [3.63, 3.8) is 0 Å². The lowest BCUT2D eigenvalue weighted by Crippen LogP contribution is -2.39. The second-order valence-corrected chi connectivity index (χ2v) is 8.86. The predicted molar refractivity (Wildman–Crippen MR) is 101 cm³/mol. The number of aromatic hydroxyl groups is 1. The molecule has 0 aliphatic carbocycles. The summed E-state index contributed by atoms with van der Waals surface area (Å²) in [5.41, 5.74) is 1.34. The highest BCUT2D eigenvalue weighted by atomic mass is 16.3. The van der Waals surface area contributed by atoms with Crippen LogP contribution in [0, 0.1) is 23.7 Å². The third-order valence-corrected chi connectivity index (χ3v) is 5.49. The van der Waals surface area contributed by atoms with Crippen molar-refractivity contribution < 1.29 is 9.90 Å². The van der Waals surface area contributed by atoms with Gasteiger partial charge in [0.05, 0.1) is 24.0 Å². The highest BCUT2D eigenvalue weighted by molar-refractivity contribution is 5.78. The van der Waals surface area contributed by atoms with E-state index in [9.17, 15) is 14.7 Å². The molecule has 4 rings (SSSR count). The standard InChI is InChI=1S/C20H23N5O3/c1-11-5-12(9-22-14(11)8-21)25-18(27)17-15-6-13(24(17)19(25)28)10-23(15)16(26)7-20(2,3)4/h5,9,13,15,27H,6-7,10H2,1-4H3. The highest BCUT2D eigenvalue weighted by Crippen LogP contribution is 2.49. The maximum Gasteiger partial charge on any atom is 0.336 e. The largest absolute Gasteiger partial charge is 0.493 e. The second-order valence-electron chi connectivity index (χ2n) is 8.86. The number of nitriles is 1. The van der Waals surface area contributed by atoms with Crippen molar-refractivity contribution in [2.24, 2.45) is 5.41 Å². The van der Waals surface area contributed by atoms with Gasteiger partial charge in [0.15, 0.2) is 0 Å².